The Balaban J connectivity index is 1.56. The molecule has 4 rings (SSSR count). The van der Waals surface area contributed by atoms with Crippen molar-refractivity contribution in [1.82, 2.24) is 30.0 Å². The fourth-order valence-electron chi connectivity index (χ4n) is 4.53. The van der Waals surface area contributed by atoms with Crippen molar-refractivity contribution in [2.24, 2.45) is 0 Å². The number of likely N-dealkylation sites (tertiary alicyclic amines) is 2. The van der Waals surface area contributed by atoms with Gasteiger partial charge in [-0.15, -0.1) is 5.10 Å². The van der Waals surface area contributed by atoms with E-state index in [1.807, 2.05) is 9.58 Å². The maximum Gasteiger partial charge on any atom is 0.227 e. The lowest BCUT2D eigenvalue weighted by atomic mass is 9.95. The molecule has 0 bridgehead atoms. The molecule has 2 fully saturated rings. The first-order valence-corrected chi connectivity index (χ1v) is 10.2. The van der Waals surface area contributed by atoms with Crippen LogP contribution in [0.25, 0.3) is 0 Å². The van der Waals surface area contributed by atoms with Crippen LogP contribution in [0.4, 0.5) is 4.39 Å². The summed E-state index contributed by atoms with van der Waals surface area (Å²) in [4.78, 5) is 17.3. The number of tetrazole rings is 1. The van der Waals surface area contributed by atoms with E-state index in [0.29, 0.717) is 31.8 Å². The van der Waals surface area contributed by atoms with Crippen LogP contribution in [0.2, 0.25) is 0 Å². The number of ether oxygens (including phenoxy) is 1. The van der Waals surface area contributed by atoms with Gasteiger partial charge < -0.3 is 9.64 Å². The predicted octanol–water partition coefficient (Wildman–Crippen LogP) is 1.22. The quantitative estimate of drug-likeness (QED) is 0.693. The second kappa shape index (κ2) is 8.54. The number of benzene rings is 1. The molecule has 3 heterocycles. The Morgan fingerprint density at radius 3 is 2.86 bits per heavy atom. The molecule has 0 N–H and O–H groups in total. The predicted molar refractivity (Wildman–Crippen MR) is 103 cm³/mol. The summed E-state index contributed by atoms with van der Waals surface area (Å²) in [5, 5.41) is 12.5. The number of halogens is 1. The maximum atomic E-state index is 13.5. The minimum absolute atomic E-state index is 0.00703. The summed E-state index contributed by atoms with van der Waals surface area (Å²) in [6.07, 6.45) is 3.26. The van der Waals surface area contributed by atoms with Gasteiger partial charge >= 0.3 is 0 Å². The number of aromatic nitrogens is 4. The molecule has 8 nitrogen and oxygen atoms in total. The first kappa shape index (κ1) is 19.9. The summed E-state index contributed by atoms with van der Waals surface area (Å²) in [6, 6.07) is 6.24. The Hall–Kier alpha value is -2.39. The molecule has 1 aromatic heterocycles. The van der Waals surface area contributed by atoms with Gasteiger partial charge in [0.25, 0.3) is 0 Å². The molecule has 0 aliphatic carbocycles. The molecule has 29 heavy (non-hydrogen) atoms. The average Bonchev–Trinajstić information content (AvgIpc) is 3.46. The summed E-state index contributed by atoms with van der Waals surface area (Å²) in [7, 11) is 1.66. The molecule has 0 spiro atoms. The van der Waals surface area contributed by atoms with Gasteiger partial charge in [-0.3, -0.25) is 9.69 Å². The Morgan fingerprint density at radius 2 is 2.10 bits per heavy atom. The van der Waals surface area contributed by atoms with Crippen LogP contribution in [0.3, 0.4) is 0 Å². The highest BCUT2D eigenvalue weighted by molar-refractivity contribution is 5.79. The monoisotopic (exact) mass is 402 g/mol. The van der Waals surface area contributed by atoms with Gasteiger partial charge in [-0.05, 0) is 60.5 Å². The second-order valence-electron chi connectivity index (χ2n) is 7.82. The molecule has 1 unspecified atom stereocenters. The smallest absolute Gasteiger partial charge is 0.227 e. The van der Waals surface area contributed by atoms with Crippen LogP contribution in [0.15, 0.2) is 24.3 Å². The lowest BCUT2D eigenvalue weighted by Crippen LogP contribution is -2.49. The van der Waals surface area contributed by atoms with Crippen molar-refractivity contribution in [3.05, 3.63) is 41.5 Å². The van der Waals surface area contributed by atoms with Gasteiger partial charge in [0.2, 0.25) is 5.91 Å². The fraction of sp³-hybridized carbons (Fsp3) is 0.600. The number of carbonyl (C=O) groups is 1. The third-order valence-corrected chi connectivity index (χ3v) is 6.01. The SMILES string of the molecule is COCCn1nnnc1C1(N2CCCC2)CCN(C(=O)Cc2cccc(F)c2)C1. The van der Waals surface area contributed by atoms with Crippen LogP contribution >= 0.6 is 0 Å². The number of nitrogens with zero attached hydrogens (tertiary/aromatic N) is 6. The third kappa shape index (κ3) is 4.02. The van der Waals surface area contributed by atoms with Gasteiger partial charge in [-0.1, -0.05) is 12.1 Å². The Kier molecular flexibility index (Phi) is 5.86. The van der Waals surface area contributed by atoms with Gasteiger partial charge in [0.1, 0.15) is 11.4 Å². The first-order valence-electron chi connectivity index (χ1n) is 10.2. The molecular weight excluding hydrogens is 375 g/mol. The summed E-state index contributed by atoms with van der Waals surface area (Å²) in [5.74, 6) is 0.491. The van der Waals surface area contributed by atoms with Gasteiger partial charge in [0, 0.05) is 20.2 Å². The number of carbonyl (C=O) groups excluding carboxylic acids is 1. The molecule has 2 aliphatic rings. The van der Waals surface area contributed by atoms with Crippen molar-refractivity contribution in [3.8, 4) is 0 Å². The average molecular weight is 402 g/mol. The minimum Gasteiger partial charge on any atom is -0.383 e. The summed E-state index contributed by atoms with van der Waals surface area (Å²) in [5.41, 5.74) is 0.310. The molecule has 2 saturated heterocycles. The highest BCUT2D eigenvalue weighted by atomic mass is 19.1. The van der Waals surface area contributed by atoms with E-state index in [1.165, 1.54) is 12.1 Å². The molecule has 0 saturated carbocycles. The van der Waals surface area contributed by atoms with Crippen molar-refractivity contribution in [2.75, 3.05) is 39.9 Å². The van der Waals surface area contributed by atoms with E-state index in [4.69, 9.17) is 4.74 Å². The topological polar surface area (TPSA) is 76.4 Å². The lowest BCUT2D eigenvalue weighted by molar-refractivity contribution is -0.130. The Morgan fingerprint density at radius 1 is 1.28 bits per heavy atom. The van der Waals surface area contributed by atoms with Gasteiger partial charge in [0.15, 0.2) is 5.82 Å². The van der Waals surface area contributed by atoms with Gasteiger partial charge in [-0.25, -0.2) is 9.07 Å². The highest BCUT2D eigenvalue weighted by Gasteiger charge is 2.50. The van der Waals surface area contributed by atoms with Crippen molar-refractivity contribution in [1.29, 1.82) is 0 Å². The first-order chi connectivity index (χ1) is 14.1. The molecular formula is C20H27FN6O2. The van der Waals surface area contributed by atoms with Crippen LogP contribution in [0, 0.1) is 5.82 Å². The molecule has 2 aromatic rings. The Labute approximate surface area is 169 Å². The zero-order valence-electron chi connectivity index (χ0n) is 16.8. The number of amides is 1. The lowest BCUT2D eigenvalue weighted by Gasteiger charge is -2.37. The fourth-order valence-corrected chi connectivity index (χ4v) is 4.53. The summed E-state index contributed by atoms with van der Waals surface area (Å²) >= 11 is 0. The molecule has 9 heteroatoms. The van der Waals surface area contributed by atoms with Crippen LogP contribution in [0.5, 0.6) is 0 Å². The summed E-state index contributed by atoms with van der Waals surface area (Å²) < 4.78 is 20.5. The molecule has 1 atom stereocenters. The number of hydrogen-bond acceptors (Lipinski definition) is 6. The van der Waals surface area contributed by atoms with Crippen LogP contribution in [-0.4, -0.2) is 75.8 Å². The zero-order valence-corrected chi connectivity index (χ0v) is 16.8. The highest BCUT2D eigenvalue weighted by Crippen LogP contribution is 2.39. The second-order valence-corrected chi connectivity index (χ2v) is 7.82. The van der Waals surface area contributed by atoms with Crippen molar-refractivity contribution in [3.63, 3.8) is 0 Å². The third-order valence-electron chi connectivity index (χ3n) is 6.01. The van der Waals surface area contributed by atoms with E-state index in [2.05, 4.69) is 20.4 Å². The standard InChI is InChI=1S/C20H27FN6O2/c1-29-12-11-27-19(22-23-24-27)20(26-8-2-3-9-26)7-10-25(15-20)18(28)14-16-5-4-6-17(21)13-16/h4-6,13H,2-3,7-12,14-15H2,1H3. The molecule has 0 radical (unpaired) electrons. The van der Waals surface area contributed by atoms with E-state index in [0.717, 1.165) is 38.2 Å². The number of rotatable bonds is 7. The van der Waals surface area contributed by atoms with Crippen LogP contribution in [-0.2, 0) is 28.0 Å². The van der Waals surface area contributed by atoms with Crippen LogP contribution in [0.1, 0.15) is 30.7 Å². The number of hydrogen-bond donors (Lipinski definition) is 0. The molecule has 1 aromatic carbocycles. The van der Waals surface area contributed by atoms with Crippen molar-refractivity contribution < 1.29 is 13.9 Å². The van der Waals surface area contributed by atoms with E-state index in [1.54, 1.807) is 19.2 Å². The van der Waals surface area contributed by atoms with E-state index in [-0.39, 0.29) is 23.7 Å². The maximum absolute atomic E-state index is 13.5. The zero-order chi connectivity index (χ0) is 20.3. The summed E-state index contributed by atoms with van der Waals surface area (Å²) in [6.45, 7) is 4.24. The van der Waals surface area contributed by atoms with Crippen molar-refractivity contribution >= 4 is 5.91 Å². The van der Waals surface area contributed by atoms with Gasteiger partial charge in [0.05, 0.1) is 19.6 Å². The van der Waals surface area contributed by atoms with Gasteiger partial charge in [-0.2, -0.15) is 0 Å². The largest absolute Gasteiger partial charge is 0.383 e. The Bertz CT molecular complexity index is 853. The normalized spacial score (nSPS) is 22.5. The molecule has 1 amide bonds. The van der Waals surface area contributed by atoms with E-state index in [9.17, 15) is 9.18 Å². The van der Waals surface area contributed by atoms with E-state index >= 15 is 0 Å². The molecule has 2 aliphatic heterocycles. The van der Waals surface area contributed by atoms with E-state index < -0.39 is 0 Å². The number of methoxy groups -OCH3 is 1. The van der Waals surface area contributed by atoms with Crippen molar-refractivity contribution in [2.45, 2.75) is 37.8 Å². The molecule has 156 valence electrons. The minimum atomic E-state index is -0.384. The van der Waals surface area contributed by atoms with Crippen LogP contribution < -0.4 is 0 Å².